The maximum Gasteiger partial charge on any atom is 0.142 e. The third kappa shape index (κ3) is 3.25. The Kier molecular flexibility index (Phi) is 5.51. The van der Waals surface area contributed by atoms with Gasteiger partial charge in [-0.25, -0.2) is 0 Å². The summed E-state index contributed by atoms with van der Waals surface area (Å²) in [4.78, 5) is 0. The van der Waals surface area contributed by atoms with Crippen LogP contribution in [0.1, 0.15) is 31.7 Å². The molecule has 0 unspecified atom stereocenters. The van der Waals surface area contributed by atoms with Crippen LogP contribution in [-0.4, -0.2) is 5.11 Å². The van der Waals surface area contributed by atoms with Crippen LogP contribution in [0, 0.1) is 7.14 Å². The number of halogens is 2. The minimum absolute atomic E-state index is 0.445. The van der Waals surface area contributed by atoms with Crippen molar-refractivity contribution in [2.24, 2.45) is 0 Å². The van der Waals surface area contributed by atoms with Gasteiger partial charge in [0.1, 0.15) is 5.75 Å². The van der Waals surface area contributed by atoms with Crippen LogP contribution < -0.4 is 0 Å². The lowest BCUT2D eigenvalue weighted by atomic mass is 10.1. The van der Waals surface area contributed by atoms with E-state index in [1.165, 1.54) is 24.8 Å². The lowest BCUT2D eigenvalue weighted by molar-refractivity contribution is 0.466. The highest BCUT2D eigenvalue weighted by Gasteiger charge is 2.07. The Bertz CT molecular complexity index is 310. The fourth-order valence-corrected chi connectivity index (χ4v) is 3.05. The maximum absolute atomic E-state index is 9.73. The van der Waals surface area contributed by atoms with Crippen molar-refractivity contribution in [3.05, 3.63) is 24.8 Å². The fourth-order valence-electron chi connectivity index (χ4n) is 1.34. The van der Waals surface area contributed by atoms with Gasteiger partial charge < -0.3 is 5.11 Å². The van der Waals surface area contributed by atoms with Crippen LogP contribution in [0.15, 0.2) is 12.1 Å². The normalized spacial score (nSPS) is 10.5. The second-order valence-electron chi connectivity index (χ2n) is 3.33. The maximum atomic E-state index is 9.73. The molecule has 0 amide bonds. The summed E-state index contributed by atoms with van der Waals surface area (Å²) in [6.07, 6.45) is 4.80. The minimum Gasteiger partial charge on any atom is -0.506 e. The summed E-state index contributed by atoms with van der Waals surface area (Å²) in [5, 5.41) is 9.73. The molecule has 0 aromatic heterocycles. The predicted molar refractivity (Wildman–Crippen MR) is 76.8 cm³/mol. The van der Waals surface area contributed by atoms with Gasteiger partial charge in [0.2, 0.25) is 0 Å². The zero-order valence-electron chi connectivity index (χ0n) is 8.19. The van der Waals surface area contributed by atoms with Gasteiger partial charge in [0.05, 0.1) is 7.14 Å². The number of benzene rings is 1. The quantitative estimate of drug-likeness (QED) is 0.573. The van der Waals surface area contributed by atoms with Crippen molar-refractivity contribution in [2.45, 2.75) is 32.6 Å². The van der Waals surface area contributed by atoms with Crippen molar-refractivity contribution in [3.63, 3.8) is 0 Å². The summed E-state index contributed by atoms with van der Waals surface area (Å²) in [7, 11) is 0. The molecule has 1 nitrogen and oxygen atoms in total. The van der Waals surface area contributed by atoms with E-state index in [-0.39, 0.29) is 0 Å². The molecule has 0 saturated heterocycles. The first kappa shape index (κ1) is 12.5. The van der Waals surface area contributed by atoms with Gasteiger partial charge in [0.15, 0.2) is 0 Å². The van der Waals surface area contributed by atoms with E-state index in [1.54, 1.807) is 0 Å². The highest BCUT2D eigenvalue weighted by molar-refractivity contribution is 14.1. The molecule has 0 bridgehead atoms. The third-order valence-electron chi connectivity index (χ3n) is 2.20. The molecule has 1 rings (SSSR count). The first-order valence-corrected chi connectivity index (χ1v) is 6.98. The van der Waals surface area contributed by atoms with Crippen LogP contribution in [-0.2, 0) is 6.42 Å². The number of rotatable bonds is 4. The Morgan fingerprint density at radius 1 is 1.21 bits per heavy atom. The molecule has 0 radical (unpaired) electrons. The van der Waals surface area contributed by atoms with E-state index in [1.807, 2.05) is 6.07 Å². The molecule has 0 aliphatic carbocycles. The molecule has 1 aromatic carbocycles. The molecule has 0 heterocycles. The van der Waals surface area contributed by atoms with E-state index in [9.17, 15) is 5.11 Å². The topological polar surface area (TPSA) is 20.2 Å². The van der Waals surface area contributed by atoms with E-state index >= 15 is 0 Å². The van der Waals surface area contributed by atoms with E-state index in [0.29, 0.717) is 5.75 Å². The fraction of sp³-hybridized carbons (Fsp3) is 0.455. The van der Waals surface area contributed by atoms with Crippen molar-refractivity contribution in [1.82, 2.24) is 0 Å². The van der Waals surface area contributed by atoms with Crippen molar-refractivity contribution >= 4 is 45.2 Å². The minimum atomic E-state index is 0.445. The number of phenolic OH excluding ortho intramolecular Hbond substituents is 1. The van der Waals surface area contributed by atoms with Crippen LogP contribution in [0.2, 0.25) is 0 Å². The zero-order valence-corrected chi connectivity index (χ0v) is 12.5. The molecule has 0 atom stereocenters. The standard InChI is InChI=1S/C11H14I2O/c1-2-3-4-5-8-6-7-9(12)11(14)10(8)13/h6-7,14H,2-5H2,1H3. The zero-order chi connectivity index (χ0) is 10.6. The summed E-state index contributed by atoms with van der Waals surface area (Å²) >= 11 is 4.38. The monoisotopic (exact) mass is 416 g/mol. The molecule has 0 saturated carbocycles. The van der Waals surface area contributed by atoms with Gasteiger partial charge in [-0.2, -0.15) is 0 Å². The van der Waals surface area contributed by atoms with Gasteiger partial charge in [0, 0.05) is 0 Å². The molecular formula is C11H14I2O. The Hall–Kier alpha value is 0.480. The van der Waals surface area contributed by atoms with Crippen LogP contribution in [0.3, 0.4) is 0 Å². The van der Waals surface area contributed by atoms with Gasteiger partial charge in [0.25, 0.3) is 0 Å². The Balaban J connectivity index is 2.73. The number of unbranched alkanes of at least 4 members (excludes halogenated alkanes) is 2. The van der Waals surface area contributed by atoms with Crippen LogP contribution in [0.4, 0.5) is 0 Å². The van der Waals surface area contributed by atoms with Gasteiger partial charge in [-0.15, -0.1) is 0 Å². The van der Waals surface area contributed by atoms with E-state index in [4.69, 9.17) is 0 Å². The third-order valence-corrected chi connectivity index (χ3v) is 4.27. The Labute approximate surface area is 113 Å². The summed E-state index contributed by atoms with van der Waals surface area (Å²) in [5.74, 6) is 0.445. The van der Waals surface area contributed by atoms with Crippen molar-refractivity contribution < 1.29 is 5.11 Å². The van der Waals surface area contributed by atoms with E-state index < -0.39 is 0 Å². The number of hydrogen-bond acceptors (Lipinski definition) is 1. The molecular weight excluding hydrogens is 402 g/mol. The lowest BCUT2D eigenvalue weighted by Crippen LogP contribution is -1.91. The predicted octanol–water partition coefficient (Wildman–Crippen LogP) is 4.33. The largest absolute Gasteiger partial charge is 0.506 e. The molecule has 1 N–H and O–H groups in total. The summed E-state index contributed by atoms with van der Waals surface area (Å²) in [6, 6.07) is 4.11. The molecule has 0 aliphatic rings. The highest BCUT2D eigenvalue weighted by atomic mass is 127. The second kappa shape index (κ2) is 6.15. The number of aromatic hydroxyl groups is 1. The molecule has 14 heavy (non-hydrogen) atoms. The van der Waals surface area contributed by atoms with Gasteiger partial charge >= 0.3 is 0 Å². The van der Waals surface area contributed by atoms with Crippen LogP contribution >= 0.6 is 45.2 Å². The average molecular weight is 416 g/mol. The molecule has 0 aliphatic heterocycles. The Morgan fingerprint density at radius 2 is 1.93 bits per heavy atom. The van der Waals surface area contributed by atoms with Gasteiger partial charge in [-0.05, 0) is 69.7 Å². The first-order valence-electron chi connectivity index (χ1n) is 4.82. The van der Waals surface area contributed by atoms with Crippen molar-refractivity contribution in [2.75, 3.05) is 0 Å². The number of hydrogen-bond donors (Lipinski definition) is 1. The smallest absolute Gasteiger partial charge is 0.142 e. The van der Waals surface area contributed by atoms with Gasteiger partial charge in [-0.1, -0.05) is 25.8 Å². The molecule has 3 heteroatoms. The Morgan fingerprint density at radius 3 is 2.57 bits per heavy atom. The average Bonchev–Trinajstić information content (AvgIpc) is 2.18. The highest BCUT2D eigenvalue weighted by Crippen LogP contribution is 2.29. The van der Waals surface area contributed by atoms with Crippen molar-refractivity contribution in [1.29, 1.82) is 0 Å². The summed E-state index contributed by atoms with van der Waals surface area (Å²) in [6.45, 7) is 2.20. The van der Waals surface area contributed by atoms with Crippen LogP contribution in [0.25, 0.3) is 0 Å². The molecule has 0 fully saturated rings. The van der Waals surface area contributed by atoms with Gasteiger partial charge in [-0.3, -0.25) is 0 Å². The van der Waals surface area contributed by atoms with E-state index in [0.717, 1.165) is 13.6 Å². The van der Waals surface area contributed by atoms with Crippen molar-refractivity contribution in [3.8, 4) is 5.75 Å². The summed E-state index contributed by atoms with van der Waals surface area (Å²) < 4.78 is 1.96. The van der Waals surface area contributed by atoms with Crippen LogP contribution in [0.5, 0.6) is 5.75 Å². The molecule has 1 aromatic rings. The number of phenols is 1. The SMILES string of the molecule is CCCCCc1ccc(I)c(O)c1I. The van der Waals surface area contributed by atoms with E-state index in [2.05, 4.69) is 58.2 Å². The summed E-state index contributed by atoms with van der Waals surface area (Å²) in [5.41, 5.74) is 1.27. The number of aryl methyl sites for hydroxylation is 1. The lowest BCUT2D eigenvalue weighted by Gasteiger charge is -2.07. The molecule has 0 spiro atoms. The molecule has 78 valence electrons. The first-order chi connectivity index (χ1) is 6.66. The second-order valence-corrected chi connectivity index (χ2v) is 5.57.